The molecule has 1 aromatic rings. The van der Waals surface area contributed by atoms with Crippen LogP contribution in [0.5, 0.6) is 0 Å². The summed E-state index contributed by atoms with van der Waals surface area (Å²) in [4.78, 5) is 11.2. The van der Waals surface area contributed by atoms with Crippen LogP contribution in [0.3, 0.4) is 0 Å². The topological polar surface area (TPSA) is 41.1 Å². The first kappa shape index (κ1) is 16.2. The Morgan fingerprint density at radius 1 is 1.42 bits per heavy atom. The zero-order valence-electron chi connectivity index (χ0n) is 12.5. The third-order valence-electron chi connectivity index (χ3n) is 3.17. The molecule has 0 aliphatic rings. The molecule has 0 amide bonds. The normalized spacial score (nSPS) is 12.4. The summed E-state index contributed by atoms with van der Waals surface area (Å²) in [5.74, 6) is 2.14. The van der Waals surface area contributed by atoms with Crippen LogP contribution in [0.25, 0.3) is 0 Å². The summed E-state index contributed by atoms with van der Waals surface area (Å²) in [6.45, 7) is 6.21. The molecule has 1 heterocycles. The molecule has 0 aliphatic heterocycles. The monoisotopic (exact) mass is 282 g/mol. The van der Waals surface area contributed by atoms with Gasteiger partial charge in [0, 0.05) is 25.8 Å². The standard InChI is InChI=1S/C14H26N4S/c1-5-7-15-9-13-10-16-11-14(17-13)18(3)12(2)6-8-19-4/h10-12,15H,5-9H2,1-4H3. The summed E-state index contributed by atoms with van der Waals surface area (Å²) in [5.41, 5.74) is 1.01. The number of aromatic nitrogens is 2. The van der Waals surface area contributed by atoms with Crippen LogP contribution in [0, 0.1) is 0 Å². The van der Waals surface area contributed by atoms with Gasteiger partial charge in [-0.05, 0) is 38.3 Å². The first-order chi connectivity index (χ1) is 9.19. The minimum atomic E-state index is 0.487. The molecule has 0 radical (unpaired) electrons. The van der Waals surface area contributed by atoms with Gasteiger partial charge in [-0.2, -0.15) is 11.8 Å². The summed E-state index contributed by atoms with van der Waals surface area (Å²) < 4.78 is 0. The fourth-order valence-corrected chi connectivity index (χ4v) is 2.33. The number of anilines is 1. The van der Waals surface area contributed by atoms with E-state index in [4.69, 9.17) is 0 Å². The van der Waals surface area contributed by atoms with Crippen LogP contribution >= 0.6 is 11.8 Å². The van der Waals surface area contributed by atoms with Gasteiger partial charge in [0.25, 0.3) is 0 Å². The highest BCUT2D eigenvalue weighted by Crippen LogP contribution is 2.14. The van der Waals surface area contributed by atoms with Crippen molar-refractivity contribution in [2.24, 2.45) is 0 Å². The molecule has 4 nitrogen and oxygen atoms in total. The predicted octanol–water partition coefficient (Wildman–Crippen LogP) is 2.55. The number of nitrogens with zero attached hydrogens (tertiary/aromatic N) is 3. The highest BCUT2D eigenvalue weighted by atomic mass is 32.2. The molecule has 1 rings (SSSR count). The minimum absolute atomic E-state index is 0.487. The fourth-order valence-electron chi connectivity index (χ4n) is 1.75. The average molecular weight is 282 g/mol. The Hall–Kier alpha value is -0.810. The van der Waals surface area contributed by atoms with Crippen molar-refractivity contribution in [3.8, 4) is 0 Å². The van der Waals surface area contributed by atoms with Gasteiger partial charge in [0.1, 0.15) is 5.82 Å². The van der Waals surface area contributed by atoms with Gasteiger partial charge in [-0.25, -0.2) is 4.98 Å². The largest absolute Gasteiger partial charge is 0.356 e. The van der Waals surface area contributed by atoms with Crippen molar-refractivity contribution in [1.82, 2.24) is 15.3 Å². The van der Waals surface area contributed by atoms with E-state index in [9.17, 15) is 0 Å². The SMILES string of the molecule is CCCNCc1cncc(N(C)C(C)CCSC)n1. The molecule has 108 valence electrons. The molecule has 1 N–H and O–H groups in total. The molecule has 1 atom stereocenters. The minimum Gasteiger partial charge on any atom is -0.356 e. The van der Waals surface area contributed by atoms with Crippen molar-refractivity contribution in [2.45, 2.75) is 39.3 Å². The molecule has 1 unspecified atom stereocenters. The summed E-state index contributed by atoms with van der Waals surface area (Å²) in [5, 5.41) is 3.36. The van der Waals surface area contributed by atoms with Gasteiger partial charge in [0.2, 0.25) is 0 Å². The molecular formula is C14H26N4S. The lowest BCUT2D eigenvalue weighted by Crippen LogP contribution is -2.30. The summed E-state index contributed by atoms with van der Waals surface area (Å²) in [6.07, 6.45) is 8.13. The Morgan fingerprint density at radius 3 is 2.89 bits per heavy atom. The van der Waals surface area contributed by atoms with Gasteiger partial charge in [0.05, 0.1) is 11.9 Å². The van der Waals surface area contributed by atoms with E-state index in [1.165, 1.54) is 5.75 Å². The van der Waals surface area contributed by atoms with Crippen molar-refractivity contribution in [3.05, 3.63) is 18.1 Å². The second kappa shape index (κ2) is 9.15. The van der Waals surface area contributed by atoms with Crippen molar-refractivity contribution in [2.75, 3.05) is 30.5 Å². The summed E-state index contributed by atoms with van der Waals surface area (Å²) in [7, 11) is 2.10. The van der Waals surface area contributed by atoms with Gasteiger partial charge in [-0.3, -0.25) is 4.98 Å². The van der Waals surface area contributed by atoms with E-state index in [-0.39, 0.29) is 0 Å². The Morgan fingerprint density at radius 2 is 2.21 bits per heavy atom. The van der Waals surface area contributed by atoms with Gasteiger partial charge in [0.15, 0.2) is 0 Å². The first-order valence-corrected chi connectivity index (χ1v) is 8.31. The maximum Gasteiger partial charge on any atom is 0.147 e. The van der Waals surface area contributed by atoms with Crippen molar-refractivity contribution < 1.29 is 0 Å². The number of hydrogen-bond acceptors (Lipinski definition) is 5. The van der Waals surface area contributed by atoms with Crippen LogP contribution in [-0.2, 0) is 6.54 Å². The molecule has 0 fully saturated rings. The number of thioether (sulfide) groups is 1. The highest BCUT2D eigenvalue weighted by molar-refractivity contribution is 7.98. The van der Waals surface area contributed by atoms with Crippen LogP contribution in [0.1, 0.15) is 32.4 Å². The average Bonchev–Trinajstić information content (AvgIpc) is 2.44. The van der Waals surface area contributed by atoms with Crippen LogP contribution in [0.2, 0.25) is 0 Å². The van der Waals surface area contributed by atoms with E-state index in [1.54, 1.807) is 0 Å². The Kier molecular flexibility index (Phi) is 7.82. The van der Waals surface area contributed by atoms with E-state index < -0.39 is 0 Å². The van der Waals surface area contributed by atoms with Crippen LogP contribution in [0.15, 0.2) is 12.4 Å². The molecule has 0 aromatic carbocycles. The van der Waals surface area contributed by atoms with Gasteiger partial charge in [-0.1, -0.05) is 6.92 Å². The van der Waals surface area contributed by atoms with Crippen LogP contribution in [-0.4, -0.2) is 41.6 Å². The van der Waals surface area contributed by atoms with Gasteiger partial charge >= 0.3 is 0 Å². The molecule has 5 heteroatoms. The van der Waals surface area contributed by atoms with Crippen LogP contribution < -0.4 is 10.2 Å². The Bertz CT molecular complexity index is 359. The highest BCUT2D eigenvalue weighted by Gasteiger charge is 2.11. The van der Waals surface area contributed by atoms with Crippen molar-refractivity contribution in [3.63, 3.8) is 0 Å². The van der Waals surface area contributed by atoms with Crippen LogP contribution in [0.4, 0.5) is 5.82 Å². The molecule has 1 aromatic heterocycles. The zero-order chi connectivity index (χ0) is 14.1. The maximum atomic E-state index is 4.67. The molecule has 0 saturated heterocycles. The van der Waals surface area contributed by atoms with E-state index >= 15 is 0 Å². The lowest BCUT2D eigenvalue weighted by molar-refractivity contribution is 0.644. The lowest BCUT2D eigenvalue weighted by Gasteiger charge is -2.25. The summed E-state index contributed by atoms with van der Waals surface area (Å²) in [6, 6.07) is 0.487. The molecule has 0 spiro atoms. The third kappa shape index (κ3) is 5.78. The fraction of sp³-hybridized carbons (Fsp3) is 0.714. The van der Waals surface area contributed by atoms with Crippen molar-refractivity contribution >= 4 is 17.6 Å². The summed E-state index contributed by atoms with van der Waals surface area (Å²) >= 11 is 1.89. The molecule has 19 heavy (non-hydrogen) atoms. The van der Waals surface area contributed by atoms with E-state index in [0.717, 1.165) is 37.4 Å². The Balaban J connectivity index is 2.58. The zero-order valence-corrected chi connectivity index (χ0v) is 13.3. The van der Waals surface area contributed by atoms with E-state index in [1.807, 2.05) is 24.2 Å². The smallest absolute Gasteiger partial charge is 0.147 e. The van der Waals surface area contributed by atoms with E-state index in [0.29, 0.717) is 6.04 Å². The third-order valence-corrected chi connectivity index (χ3v) is 3.81. The van der Waals surface area contributed by atoms with E-state index in [2.05, 4.69) is 47.3 Å². The number of hydrogen-bond donors (Lipinski definition) is 1. The molecule has 0 aliphatic carbocycles. The van der Waals surface area contributed by atoms with Gasteiger partial charge < -0.3 is 10.2 Å². The maximum absolute atomic E-state index is 4.67. The number of nitrogens with one attached hydrogen (secondary N) is 1. The first-order valence-electron chi connectivity index (χ1n) is 6.92. The molecular weight excluding hydrogens is 256 g/mol. The lowest BCUT2D eigenvalue weighted by atomic mass is 10.2. The molecule has 0 bridgehead atoms. The number of rotatable bonds is 9. The second-order valence-corrected chi connectivity index (χ2v) is 5.77. The molecule has 0 saturated carbocycles. The second-order valence-electron chi connectivity index (χ2n) is 4.79. The Labute approximate surface area is 121 Å². The quantitative estimate of drug-likeness (QED) is 0.705. The van der Waals surface area contributed by atoms with Crippen molar-refractivity contribution in [1.29, 1.82) is 0 Å². The predicted molar refractivity (Wildman–Crippen MR) is 84.9 cm³/mol. The van der Waals surface area contributed by atoms with Gasteiger partial charge in [-0.15, -0.1) is 0 Å².